The number of halogens is 1. The van der Waals surface area contributed by atoms with Crippen LogP contribution in [0.5, 0.6) is 23.0 Å². The van der Waals surface area contributed by atoms with Crippen LogP contribution in [-0.2, 0) is 0 Å². The van der Waals surface area contributed by atoms with E-state index in [1.165, 1.54) is 0 Å². The topological polar surface area (TPSA) is 81.7 Å². The maximum atomic E-state index is 12.4. The molecule has 0 fully saturated rings. The van der Waals surface area contributed by atoms with Crippen molar-refractivity contribution in [2.45, 2.75) is 6.92 Å². The highest BCUT2D eigenvalue weighted by Gasteiger charge is 2.13. The van der Waals surface area contributed by atoms with Crippen molar-refractivity contribution in [3.8, 4) is 23.0 Å². The third-order valence-corrected chi connectivity index (χ3v) is 5.67. The van der Waals surface area contributed by atoms with Crippen LogP contribution in [0, 0.1) is 6.92 Å². The number of hydrogen-bond acceptors (Lipinski definition) is 6. The fourth-order valence-electron chi connectivity index (χ4n) is 3.43. The van der Waals surface area contributed by atoms with Gasteiger partial charge in [-0.25, -0.2) is 0 Å². The Kier molecular flexibility index (Phi) is 7.33. The zero-order valence-electron chi connectivity index (χ0n) is 19.2. The van der Waals surface area contributed by atoms with Crippen LogP contribution < -0.4 is 24.8 Å². The predicted octanol–water partition coefficient (Wildman–Crippen LogP) is 6.13. The van der Waals surface area contributed by atoms with E-state index in [0.717, 1.165) is 22.2 Å². The Labute approximate surface area is 213 Å². The number of methoxy groups -OCH3 is 2. The van der Waals surface area contributed by atoms with Crippen molar-refractivity contribution in [1.82, 2.24) is 10.3 Å². The molecule has 1 amide bonds. The van der Waals surface area contributed by atoms with Gasteiger partial charge in [-0.05, 0) is 79.3 Å². The van der Waals surface area contributed by atoms with Gasteiger partial charge in [0.05, 0.1) is 19.7 Å². The Bertz CT molecular complexity index is 1410. The minimum atomic E-state index is -0.326. The first-order valence-electron chi connectivity index (χ1n) is 10.5. The van der Waals surface area contributed by atoms with Gasteiger partial charge >= 0.3 is 0 Å². The van der Waals surface area contributed by atoms with E-state index in [2.05, 4.69) is 15.6 Å². The highest BCUT2D eigenvalue weighted by atomic mass is 35.5. The Morgan fingerprint density at radius 3 is 2.34 bits per heavy atom. The highest BCUT2D eigenvalue weighted by molar-refractivity contribution is 7.80. The number of carbonyl (C=O) groups excluding carboxylic acids is 1. The van der Waals surface area contributed by atoms with Crippen molar-refractivity contribution in [3.05, 3.63) is 83.0 Å². The molecule has 0 bridgehead atoms. The van der Waals surface area contributed by atoms with Gasteiger partial charge < -0.3 is 19.5 Å². The van der Waals surface area contributed by atoms with Gasteiger partial charge in [0.15, 0.2) is 16.6 Å². The van der Waals surface area contributed by atoms with Gasteiger partial charge in [-0.3, -0.25) is 15.1 Å². The molecular weight excluding hydrogens is 486 g/mol. The van der Waals surface area contributed by atoms with Crippen LogP contribution in [0.1, 0.15) is 15.9 Å². The molecule has 9 heteroatoms. The molecule has 0 aliphatic heterocycles. The molecule has 3 aromatic carbocycles. The lowest BCUT2D eigenvalue weighted by atomic mass is 10.1. The first-order valence-corrected chi connectivity index (χ1v) is 11.3. The Hall–Kier alpha value is -3.88. The third kappa shape index (κ3) is 5.62. The molecule has 2 N–H and O–H groups in total. The van der Waals surface area contributed by atoms with Gasteiger partial charge in [0.1, 0.15) is 11.5 Å². The van der Waals surface area contributed by atoms with Crippen molar-refractivity contribution in [2.75, 3.05) is 19.5 Å². The molecule has 0 unspecified atom stereocenters. The average molecular weight is 508 g/mol. The minimum absolute atomic E-state index is 0.183. The lowest BCUT2D eigenvalue weighted by Gasteiger charge is -2.15. The summed E-state index contributed by atoms with van der Waals surface area (Å²) in [5.41, 5.74) is 2.79. The summed E-state index contributed by atoms with van der Waals surface area (Å²) in [6, 6.07) is 17.5. The number of fused-ring (bicyclic) bond motifs is 1. The van der Waals surface area contributed by atoms with Gasteiger partial charge in [0.2, 0.25) is 0 Å². The third-order valence-electron chi connectivity index (χ3n) is 5.21. The number of rotatable bonds is 6. The summed E-state index contributed by atoms with van der Waals surface area (Å²) in [6.07, 6.45) is 1.67. The molecule has 0 atom stereocenters. The van der Waals surface area contributed by atoms with Crippen LogP contribution in [0.2, 0.25) is 5.02 Å². The lowest BCUT2D eigenvalue weighted by Crippen LogP contribution is -2.34. The fraction of sp³-hybridized carbons (Fsp3) is 0.115. The van der Waals surface area contributed by atoms with Crippen LogP contribution in [0.4, 0.5) is 5.69 Å². The molecule has 0 radical (unpaired) electrons. The largest absolute Gasteiger partial charge is 0.493 e. The fourth-order valence-corrected chi connectivity index (χ4v) is 3.76. The van der Waals surface area contributed by atoms with E-state index in [4.69, 9.17) is 38.0 Å². The smallest absolute Gasteiger partial charge is 0.257 e. The molecule has 0 aliphatic rings. The van der Waals surface area contributed by atoms with Crippen LogP contribution in [0.15, 0.2) is 66.9 Å². The highest BCUT2D eigenvalue weighted by Crippen LogP contribution is 2.37. The van der Waals surface area contributed by atoms with Crippen LogP contribution in [0.3, 0.4) is 0 Å². The van der Waals surface area contributed by atoms with Crippen molar-refractivity contribution in [2.24, 2.45) is 0 Å². The minimum Gasteiger partial charge on any atom is -0.493 e. The second kappa shape index (κ2) is 10.6. The van der Waals surface area contributed by atoms with Crippen LogP contribution in [-0.4, -0.2) is 30.2 Å². The van der Waals surface area contributed by atoms with Crippen LogP contribution >= 0.6 is 23.8 Å². The Morgan fingerprint density at radius 2 is 1.66 bits per heavy atom. The van der Waals surface area contributed by atoms with Gasteiger partial charge in [0, 0.05) is 33.9 Å². The predicted molar refractivity (Wildman–Crippen MR) is 141 cm³/mol. The van der Waals surface area contributed by atoms with Crippen LogP contribution in [0.25, 0.3) is 10.9 Å². The normalized spacial score (nSPS) is 10.5. The summed E-state index contributed by atoms with van der Waals surface area (Å²) < 4.78 is 16.9. The lowest BCUT2D eigenvalue weighted by molar-refractivity contribution is 0.0977. The van der Waals surface area contributed by atoms with E-state index < -0.39 is 0 Å². The zero-order chi connectivity index (χ0) is 24.9. The summed E-state index contributed by atoms with van der Waals surface area (Å²) in [4.78, 5) is 16.8. The van der Waals surface area contributed by atoms with Crippen molar-refractivity contribution >= 4 is 51.4 Å². The maximum Gasteiger partial charge on any atom is 0.257 e. The second-order valence-electron chi connectivity index (χ2n) is 7.53. The van der Waals surface area contributed by atoms with E-state index in [1.54, 1.807) is 56.8 Å². The number of aryl methyl sites for hydroxylation is 1. The number of hydrogen-bond donors (Lipinski definition) is 2. The number of carbonyl (C=O) groups is 1. The molecule has 0 saturated carbocycles. The van der Waals surface area contributed by atoms with Gasteiger partial charge in [-0.2, -0.15) is 0 Å². The molecule has 1 aromatic heterocycles. The number of anilines is 1. The van der Waals surface area contributed by atoms with Gasteiger partial charge in [-0.1, -0.05) is 11.6 Å². The molecule has 1 heterocycles. The molecular formula is C26H22ClN3O4S. The molecule has 0 saturated heterocycles. The van der Waals surface area contributed by atoms with E-state index in [1.807, 2.05) is 31.2 Å². The zero-order valence-corrected chi connectivity index (χ0v) is 20.8. The number of pyridine rings is 1. The Morgan fingerprint density at radius 1 is 0.943 bits per heavy atom. The second-order valence-corrected chi connectivity index (χ2v) is 8.37. The van der Waals surface area contributed by atoms with E-state index in [-0.39, 0.29) is 11.0 Å². The number of amides is 1. The summed E-state index contributed by atoms with van der Waals surface area (Å²) in [5, 5.41) is 7.24. The number of nitrogens with one attached hydrogen (secondary N) is 2. The molecule has 0 aliphatic carbocycles. The van der Waals surface area contributed by atoms with Crippen molar-refractivity contribution in [3.63, 3.8) is 0 Å². The number of aromatic nitrogens is 1. The summed E-state index contributed by atoms with van der Waals surface area (Å²) in [5.74, 6) is 2.11. The number of benzene rings is 3. The van der Waals surface area contributed by atoms with Gasteiger partial charge in [-0.15, -0.1) is 0 Å². The molecule has 4 rings (SSSR count). The summed E-state index contributed by atoms with van der Waals surface area (Å²) in [7, 11) is 3.16. The van der Waals surface area contributed by atoms with E-state index in [0.29, 0.717) is 33.6 Å². The van der Waals surface area contributed by atoms with Gasteiger partial charge in [0.25, 0.3) is 5.91 Å². The number of thiocarbonyl (C=S) groups is 1. The van der Waals surface area contributed by atoms with E-state index >= 15 is 0 Å². The molecule has 4 aromatic rings. The summed E-state index contributed by atoms with van der Waals surface area (Å²) in [6.45, 7) is 1.91. The van der Waals surface area contributed by atoms with Crippen molar-refractivity contribution in [1.29, 1.82) is 0 Å². The molecule has 0 spiro atoms. The number of ether oxygens (including phenoxy) is 3. The maximum absolute atomic E-state index is 12.4. The monoisotopic (exact) mass is 507 g/mol. The summed E-state index contributed by atoms with van der Waals surface area (Å²) >= 11 is 11.2. The molecule has 35 heavy (non-hydrogen) atoms. The molecule has 7 nitrogen and oxygen atoms in total. The first-order chi connectivity index (χ1) is 16.9. The Balaban J connectivity index is 1.48. The average Bonchev–Trinajstić information content (AvgIpc) is 2.85. The first kappa shape index (κ1) is 24.3. The SMILES string of the molecule is COc1cc2nccc(Oc3ccc(NC(=S)NC(=O)c4ccc(Cl)cc4)c(C)c3)c2cc1OC. The van der Waals surface area contributed by atoms with Crippen molar-refractivity contribution < 1.29 is 19.0 Å². The standard InChI is InChI=1S/C26H22ClN3O4S/c1-15-12-18(34-22-10-11-28-21-14-24(33-3)23(32-2)13-19(21)22)8-9-20(15)29-26(35)30-25(31)16-4-6-17(27)7-5-16/h4-14H,1-3H3,(H2,29,30,31,35). The van der Waals surface area contributed by atoms with E-state index in [9.17, 15) is 4.79 Å². The number of nitrogens with zero attached hydrogens (tertiary/aromatic N) is 1. The molecule has 178 valence electrons. The quantitative estimate of drug-likeness (QED) is 0.304.